The zero-order chi connectivity index (χ0) is 13.8. The molecule has 0 spiro atoms. The third-order valence-corrected chi connectivity index (χ3v) is 3.18. The van der Waals surface area contributed by atoms with Crippen LogP contribution < -0.4 is 10.2 Å². The van der Waals surface area contributed by atoms with Gasteiger partial charge in [0.25, 0.3) is 0 Å². The van der Waals surface area contributed by atoms with Gasteiger partial charge in [-0.25, -0.2) is 0 Å². The Balaban J connectivity index is 2.71. The number of para-hydroxylation sites is 1. The van der Waals surface area contributed by atoms with Crippen LogP contribution in [-0.4, -0.2) is 20.5 Å². The first-order valence-electron chi connectivity index (χ1n) is 6.29. The van der Waals surface area contributed by atoms with Crippen LogP contribution in [0.2, 0.25) is 0 Å². The van der Waals surface area contributed by atoms with Crippen LogP contribution in [0.4, 0.5) is 4.39 Å². The number of rotatable bonds is 4. The summed E-state index contributed by atoms with van der Waals surface area (Å²) in [6, 6.07) is 11.0. The maximum atomic E-state index is 14.4. The molecule has 0 saturated carbocycles. The van der Waals surface area contributed by atoms with Gasteiger partial charge < -0.3 is 0 Å². The number of benzene rings is 2. The molecule has 0 aliphatic rings. The molecule has 0 atom stereocenters. The molecule has 0 bridgehead atoms. The van der Waals surface area contributed by atoms with Crippen LogP contribution in [0.1, 0.15) is 12.5 Å². The van der Waals surface area contributed by atoms with E-state index < -0.39 is 0 Å². The van der Waals surface area contributed by atoms with Gasteiger partial charge >= 0.3 is 113 Å². The van der Waals surface area contributed by atoms with Crippen molar-refractivity contribution in [2.45, 2.75) is 13.3 Å². The monoisotopic (exact) mass is 254 g/mol. The Morgan fingerprint density at radius 3 is 2.63 bits per heavy atom. The molecule has 19 heavy (non-hydrogen) atoms. The number of halogens is 1. The van der Waals surface area contributed by atoms with Crippen molar-refractivity contribution < 1.29 is 9.13 Å². The third-order valence-electron chi connectivity index (χ3n) is 3.18. The molecule has 0 radical (unpaired) electrons. The fourth-order valence-electron chi connectivity index (χ4n) is 2.19. The average Bonchev–Trinajstić information content (AvgIpc) is 2.46. The predicted octanol–water partition coefficient (Wildman–Crippen LogP) is 2.83. The van der Waals surface area contributed by atoms with E-state index in [-0.39, 0.29) is 5.82 Å². The quantitative estimate of drug-likeness (QED) is 0.762. The molecule has 3 heteroatoms. The molecular formula is C16H16BFO. The second-order valence-electron chi connectivity index (χ2n) is 4.30. The summed E-state index contributed by atoms with van der Waals surface area (Å²) in [5, 5.41) is 0. The van der Waals surface area contributed by atoms with E-state index in [1.807, 2.05) is 37.3 Å². The summed E-state index contributed by atoms with van der Waals surface area (Å²) in [6.45, 7) is 7.47. The van der Waals surface area contributed by atoms with Crippen molar-refractivity contribution in [2.75, 3.05) is 7.11 Å². The SMILES string of the molecule is C=Bc1cc(CC)cc(F)c1-c1ccccc1OC. The minimum atomic E-state index is -0.237. The summed E-state index contributed by atoms with van der Waals surface area (Å²) >= 11 is 0. The first-order chi connectivity index (χ1) is 9.21. The zero-order valence-electron chi connectivity index (χ0n) is 11.2. The Bertz CT molecular complexity index is 608. The van der Waals surface area contributed by atoms with E-state index in [9.17, 15) is 4.39 Å². The van der Waals surface area contributed by atoms with Crippen molar-refractivity contribution in [1.82, 2.24) is 0 Å². The molecule has 2 aromatic rings. The summed E-state index contributed by atoms with van der Waals surface area (Å²) in [5.74, 6) is 0.424. The zero-order valence-corrected chi connectivity index (χ0v) is 11.2. The normalized spacial score (nSPS) is 10.1. The molecule has 2 rings (SSSR count). The molecule has 0 N–H and O–H groups in total. The van der Waals surface area contributed by atoms with E-state index in [1.165, 1.54) is 0 Å². The van der Waals surface area contributed by atoms with Crippen molar-refractivity contribution >= 4 is 18.9 Å². The molecule has 0 amide bonds. The van der Waals surface area contributed by atoms with Crippen LogP contribution >= 0.6 is 0 Å². The Labute approximate surface area is 114 Å². The van der Waals surface area contributed by atoms with E-state index in [0.717, 1.165) is 23.0 Å². The van der Waals surface area contributed by atoms with Gasteiger partial charge in [0.2, 0.25) is 0 Å². The van der Waals surface area contributed by atoms with Crippen molar-refractivity contribution in [1.29, 1.82) is 0 Å². The fraction of sp³-hybridized carbons (Fsp3) is 0.188. The Hall–Kier alpha value is -1.90. The second-order valence-corrected chi connectivity index (χ2v) is 4.30. The third kappa shape index (κ3) is 2.60. The molecule has 2 aromatic carbocycles. The summed E-state index contributed by atoms with van der Waals surface area (Å²) in [7, 11) is 1.59. The first-order valence-corrected chi connectivity index (χ1v) is 6.29. The molecule has 0 fully saturated rings. The topological polar surface area (TPSA) is 9.23 Å². The number of hydrogen-bond donors (Lipinski definition) is 0. The molecule has 0 heterocycles. The van der Waals surface area contributed by atoms with Gasteiger partial charge in [-0.05, 0) is 0 Å². The van der Waals surface area contributed by atoms with Crippen molar-refractivity contribution in [2.24, 2.45) is 0 Å². The number of methoxy groups -OCH3 is 1. The second kappa shape index (κ2) is 5.83. The molecule has 0 saturated heterocycles. The van der Waals surface area contributed by atoms with Crippen molar-refractivity contribution in [3.05, 3.63) is 47.8 Å². The van der Waals surface area contributed by atoms with Gasteiger partial charge in [0.15, 0.2) is 0 Å². The van der Waals surface area contributed by atoms with Crippen LogP contribution in [0, 0.1) is 5.82 Å². The summed E-state index contributed by atoms with van der Waals surface area (Å²) in [6.07, 6.45) is 0.796. The molecule has 1 nitrogen and oxygen atoms in total. The van der Waals surface area contributed by atoms with Crippen LogP contribution in [0.3, 0.4) is 0 Å². The summed E-state index contributed by atoms with van der Waals surface area (Å²) in [4.78, 5) is 0. The van der Waals surface area contributed by atoms with E-state index in [4.69, 9.17) is 4.74 Å². The standard InChI is InChI=1S/C16H16BFO/c1-4-11-9-13(17-2)16(14(18)10-11)12-7-5-6-8-15(12)19-3/h5-10H,2,4H2,1,3H3. The van der Waals surface area contributed by atoms with Gasteiger partial charge in [0.05, 0.1) is 0 Å². The Kier molecular flexibility index (Phi) is 4.15. The molecular weight excluding hydrogens is 238 g/mol. The molecule has 0 unspecified atom stereocenters. The summed E-state index contributed by atoms with van der Waals surface area (Å²) < 4.78 is 19.7. The molecule has 0 aromatic heterocycles. The first kappa shape index (κ1) is 13.5. The average molecular weight is 254 g/mol. The van der Waals surface area contributed by atoms with Gasteiger partial charge in [0, 0.05) is 0 Å². The van der Waals surface area contributed by atoms with Gasteiger partial charge in [-0.2, -0.15) is 0 Å². The van der Waals surface area contributed by atoms with Crippen molar-refractivity contribution in [3.8, 4) is 16.9 Å². The predicted molar refractivity (Wildman–Crippen MR) is 80.3 cm³/mol. The minimum absolute atomic E-state index is 0.237. The van der Waals surface area contributed by atoms with Crippen LogP contribution in [0.25, 0.3) is 11.1 Å². The van der Waals surface area contributed by atoms with E-state index in [0.29, 0.717) is 11.3 Å². The van der Waals surface area contributed by atoms with Gasteiger partial charge in [-0.3, -0.25) is 0 Å². The number of ether oxygens (including phenoxy) is 1. The van der Waals surface area contributed by atoms with Crippen LogP contribution in [0.15, 0.2) is 36.4 Å². The Morgan fingerprint density at radius 1 is 1.26 bits per heavy atom. The van der Waals surface area contributed by atoms with E-state index >= 15 is 0 Å². The van der Waals surface area contributed by atoms with E-state index in [1.54, 1.807) is 20.1 Å². The van der Waals surface area contributed by atoms with Gasteiger partial charge in [-0.1, -0.05) is 0 Å². The van der Waals surface area contributed by atoms with Gasteiger partial charge in [0.1, 0.15) is 0 Å². The molecule has 0 aliphatic carbocycles. The maximum absolute atomic E-state index is 14.4. The van der Waals surface area contributed by atoms with Crippen molar-refractivity contribution in [3.63, 3.8) is 0 Å². The number of hydrogen-bond acceptors (Lipinski definition) is 1. The molecule has 0 aliphatic heterocycles. The summed E-state index contributed by atoms with van der Waals surface area (Å²) in [5.41, 5.74) is 3.05. The van der Waals surface area contributed by atoms with Crippen LogP contribution in [-0.2, 0) is 6.42 Å². The number of aryl methyl sites for hydroxylation is 1. The van der Waals surface area contributed by atoms with Gasteiger partial charge in [-0.15, -0.1) is 0 Å². The fourth-order valence-corrected chi connectivity index (χ4v) is 2.19. The Morgan fingerprint density at radius 2 is 2.00 bits per heavy atom. The van der Waals surface area contributed by atoms with E-state index in [2.05, 4.69) is 6.47 Å². The van der Waals surface area contributed by atoms with Crippen LogP contribution in [0.5, 0.6) is 5.75 Å². The molecule has 96 valence electrons.